The molecule has 0 saturated carbocycles. The van der Waals surface area contributed by atoms with E-state index in [0.717, 1.165) is 15.6 Å². The number of thioether (sulfide) groups is 1. The maximum absolute atomic E-state index is 12.7. The molecule has 0 aliphatic carbocycles. The molecule has 1 aliphatic rings. The van der Waals surface area contributed by atoms with Crippen LogP contribution in [0.1, 0.15) is 18.7 Å². The van der Waals surface area contributed by atoms with E-state index < -0.39 is 6.23 Å². The molecule has 0 bridgehead atoms. The number of hydrogen-bond acceptors (Lipinski definition) is 6. The van der Waals surface area contributed by atoms with Crippen molar-refractivity contribution in [1.82, 2.24) is 15.2 Å². The Labute approximate surface area is 169 Å². The van der Waals surface area contributed by atoms with E-state index in [0.29, 0.717) is 22.4 Å². The minimum Gasteiger partial charge on any atom is -0.447 e. The van der Waals surface area contributed by atoms with Crippen molar-refractivity contribution in [2.24, 2.45) is 0 Å². The summed E-state index contributed by atoms with van der Waals surface area (Å²) >= 11 is 4.95. The number of nitrogens with zero attached hydrogens (tertiary/aromatic N) is 4. The maximum Gasteiger partial charge on any atom is 0.247 e. The van der Waals surface area contributed by atoms with Gasteiger partial charge >= 0.3 is 0 Å². The van der Waals surface area contributed by atoms with Gasteiger partial charge in [0.05, 0.1) is 5.69 Å². The largest absolute Gasteiger partial charge is 0.447 e. The quantitative estimate of drug-likeness (QED) is 0.545. The third kappa shape index (κ3) is 3.19. The highest BCUT2D eigenvalue weighted by Crippen LogP contribution is 2.44. The van der Waals surface area contributed by atoms with Crippen LogP contribution in [-0.2, 0) is 4.79 Å². The smallest absolute Gasteiger partial charge is 0.247 e. The van der Waals surface area contributed by atoms with Crippen molar-refractivity contribution in [3.05, 3.63) is 58.6 Å². The first-order valence-corrected chi connectivity index (χ1v) is 10.2. The summed E-state index contributed by atoms with van der Waals surface area (Å²) in [5.74, 6) is 0.209. The average molecular weight is 443 g/mol. The highest BCUT2D eigenvalue weighted by Gasteiger charge is 2.35. The number of halogens is 1. The molecule has 27 heavy (non-hydrogen) atoms. The zero-order valence-corrected chi connectivity index (χ0v) is 17.0. The normalized spacial score (nSPS) is 15.4. The van der Waals surface area contributed by atoms with Gasteiger partial charge in [-0.25, -0.2) is 0 Å². The minimum absolute atomic E-state index is 0.144. The number of hydrogen-bond donors (Lipinski definition) is 0. The zero-order valence-electron chi connectivity index (χ0n) is 14.6. The molecule has 8 heteroatoms. The van der Waals surface area contributed by atoms with E-state index in [2.05, 4.69) is 31.1 Å². The molecule has 2 aromatic carbocycles. The Morgan fingerprint density at radius 2 is 1.89 bits per heavy atom. The van der Waals surface area contributed by atoms with E-state index >= 15 is 0 Å². The Morgan fingerprint density at radius 1 is 1.15 bits per heavy atom. The lowest BCUT2D eigenvalue weighted by Gasteiger charge is -2.30. The number of carbonyl (C=O) groups excluding carboxylic acids is 1. The molecular formula is C19H15BrN4O2S. The Bertz CT molecular complexity index is 1030. The summed E-state index contributed by atoms with van der Waals surface area (Å²) in [6.45, 7) is 1.52. The van der Waals surface area contributed by atoms with Gasteiger partial charge in [0.1, 0.15) is 0 Å². The fourth-order valence-corrected chi connectivity index (χ4v) is 3.79. The number of aromatic nitrogens is 3. The third-order valence-corrected chi connectivity index (χ3v) is 5.47. The molecule has 6 nitrogen and oxygen atoms in total. The Hall–Kier alpha value is -2.45. The molecule has 0 fully saturated rings. The van der Waals surface area contributed by atoms with E-state index in [1.165, 1.54) is 18.7 Å². The van der Waals surface area contributed by atoms with Crippen molar-refractivity contribution < 1.29 is 9.53 Å². The van der Waals surface area contributed by atoms with Gasteiger partial charge in [0.15, 0.2) is 5.69 Å². The number of amides is 1. The molecule has 2 heterocycles. The van der Waals surface area contributed by atoms with Gasteiger partial charge in [0.2, 0.25) is 23.2 Å². The summed E-state index contributed by atoms with van der Waals surface area (Å²) in [5, 5.41) is 8.98. The highest BCUT2D eigenvalue weighted by atomic mass is 79.9. The second-order valence-corrected chi connectivity index (χ2v) is 7.48. The van der Waals surface area contributed by atoms with Gasteiger partial charge in [-0.1, -0.05) is 64.1 Å². The molecule has 0 N–H and O–H groups in total. The van der Waals surface area contributed by atoms with E-state index in [1.54, 1.807) is 4.90 Å². The Morgan fingerprint density at radius 3 is 2.63 bits per heavy atom. The van der Waals surface area contributed by atoms with Crippen LogP contribution < -0.4 is 9.64 Å². The first kappa shape index (κ1) is 17.9. The van der Waals surface area contributed by atoms with Crippen molar-refractivity contribution in [3.63, 3.8) is 0 Å². The van der Waals surface area contributed by atoms with Crippen LogP contribution in [0.4, 0.5) is 5.69 Å². The van der Waals surface area contributed by atoms with Crippen molar-refractivity contribution in [3.8, 4) is 17.1 Å². The second kappa shape index (κ2) is 7.28. The van der Waals surface area contributed by atoms with Crippen molar-refractivity contribution in [1.29, 1.82) is 0 Å². The monoisotopic (exact) mass is 442 g/mol. The molecule has 136 valence electrons. The number of ether oxygens (including phenoxy) is 1. The van der Waals surface area contributed by atoms with Gasteiger partial charge in [-0.2, -0.15) is 4.98 Å². The fraction of sp³-hybridized carbons (Fsp3) is 0.158. The van der Waals surface area contributed by atoms with Crippen LogP contribution in [0.2, 0.25) is 0 Å². The van der Waals surface area contributed by atoms with Crippen LogP contribution in [0.25, 0.3) is 11.3 Å². The lowest BCUT2D eigenvalue weighted by molar-refractivity contribution is -0.118. The van der Waals surface area contributed by atoms with Crippen LogP contribution in [0, 0.1) is 0 Å². The van der Waals surface area contributed by atoms with Gasteiger partial charge in [0.25, 0.3) is 0 Å². The predicted molar refractivity (Wildman–Crippen MR) is 108 cm³/mol. The molecule has 1 aliphatic heterocycles. The summed E-state index contributed by atoms with van der Waals surface area (Å²) < 4.78 is 7.11. The molecule has 0 spiro atoms. The lowest BCUT2D eigenvalue weighted by Crippen LogP contribution is -2.36. The number of anilines is 1. The summed E-state index contributed by atoms with van der Waals surface area (Å²) in [4.78, 5) is 18.8. The van der Waals surface area contributed by atoms with Crippen LogP contribution in [0.3, 0.4) is 0 Å². The number of fused-ring (bicyclic) bond motifs is 3. The molecule has 1 amide bonds. The van der Waals surface area contributed by atoms with Gasteiger partial charge in [-0.3, -0.25) is 9.69 Å². The van der Waals surface area contributed by atoms with Gasteiger partial charge in [-0.05, 0) is 18.4 Å². The highest BCUT2D eigenvalue weighted by molar-refractivity contribution is 9.10. The SMILES string of the molecule is CSc1nnc2c(n1)O[C@H](c1ccccc1Br)N(C(C)=O)c1ccccc1-2. The van der Waals surface area contributed by atoms with Gasteiger partial charge < -0.3 is 4.74 Å². The van der Waals surface area contributed by atoms with Crippen LogP contribution in [-0.4, -0.2) is 27.3 Å². The van der Waals surface area contributed by atoms with Crippen LogP contribution in [0.15, 0.2) is 58.2 Å². The number of benzene rings is 2. The van der Waals surface area contributed by atoms with E-state index in [1.807, 2.05) is 54.8 Å². The summed E-state index contributed by atoms with van der Waals surface area (Å²) in [7, 11) is 0. The van der Waals surface area contributed by atoms with E-state index in [-0.39, 0.29) is 5.91 Å². The summed E-state index contributed by atoms with van der Waals surface area (Å²) in [6.07, 6.45) is 1.19. The maximum atomic E-state index is 12.7. The molecule has 1 atom stereocenters. The first-order chi connectivity index (χ1) is 13.1. The zero-order chi connectivity index (χ0) is 19.0. The summed E-state index contributed by atoms with van der Waals surface area (Å²) in [5.41, 5.74) is 2.80. The number of para-hydroxylation sites is 1. The molecule has 1 aromatic heterocycles. The second-order valence-electron chi connectivity index (χ2n) is 5.85. The Balaban J connectivity index is 2.00. The molecular weight excluding hydrogens is 428 g/mol. The lowest BCUT2D eigenvalue weighted by atomic mass is 10.1. The third-order valence-electron chi connectivity index (χ3n) is 4.20. The topological polar surface area (TPSA) is 68.2 Å². The molecule has 3 aromatic rings. The number of carbonyl (C=O) groups is 1. The standard InChI is InChI=1S/C19H15BrN4O2S/c1-11(25)24-15-10-6-4-8-13(15)16-17(21-19(27-2)23-22-16)26-18(24)12-7-3-5-9-14(12)20/h3-10,18H,1-2H3/t18-/m1/s1. The predicted octanol–water partition coefficient (Wildman–Crippen LogP) is 4.47. The Kier molecular flexibility index (Phi) is 4.84. The fourth-order valence-electron chi connectivity index (χ4n) is 3.02. The van der Waals surface area contributed by atoms with Crippen LogP contribution in [0.5, 0.6) is 5.88 Å². The minimum atomic E-state index is -0.688. The average Bonchev–Trinajstić information content (AvgIpc) is 2.82. The molecule has 0 radical (unpaired) electrons. The molecule has 0 saturated heterocycles. The van der Waals surface area contributed by atoms with E-state index in [9.17, 15) is 4.79 Å². The van der Waals surface area contributed by atoms with Crippen molar-refractivity contribution in [2.75, 3.05) is 11.2 Å². The van der Waals surface area contributed by atoms with Gasteiger partial charge in [0, 0.05) is 22.5 Å². The van der Waals surface area contributed by atoms with Crippen molar-refractivity contribution >= 4 is 39.3 Å². The molecule has 4 rings (SSSR count). The van der Waals surface area contributed by atoms with Gasteiger partial charge in [-0.15, -0.1) is 10.2 Å². The number of rotatable bonds is 2. The van der Waals surface area contributed by atoms with Crippen molar-refractivity contribution in [2.45, 2.75) is 18.3 Å². The van der Waals surface area contributed by atoms with E-state index in [4.69, 9.17) is 4.74 Å². The summed E-state index contributed by atoms with van der Waals surface area (Å²) in [6, 6.07) is 15.2. The molecule has 0 unspecified atom stereocenters. The first-order valence-electron chi connectivity index (χ1n) is 8.19. The van der Waals surface area contributed by atoms with Crippen LogP contribution >= 0.6 is 27.7 Å².